The Morgan fingerprint density at radius 3 is 2.96 bits per heavy atom. The van der Waals surface area contributed by atoms with E-state index in [0.29, 0.717) is 24.7 Å². The molecule has 1 saturated heterocycles. The van der Waals surface area contributed by atoms with Crippen molar-refractivity contribution >= 4 is 17.6 Å². The third kappa shape index (κ3) is 3.86. The molecule has 0 saturated carbocycles. The molecule has 1 N–H and O–H groups in total. The van der Waals surface area contributed by atoms with E-state index in [4.69, 9.17) is 16.3 Å². The molecule has 1 aliphatic rings. The van der Waals surface area contributed by atoms with Crippen LogP contribution in [0.5, 0.6) is 0 Å². The molecule has 24 heavy (non-hydrogen) atoms. The van der Waals surface area contributed by atoms with E-state index in [-0.39, 0.29) is 18.2 Å². The molecule has 6 heteroatoms. The molecule has 0 radical (unpaired) electrons. The maximum atomic E-state index is 12.5. The van der Waals surface area contributed by atoms with Crippen molar-refractivity contribution in [1.82, 2.24) is 15.2 Å². The van der Waals surface area contributed by atoms with Gasteiger partial charge in [-0.25, -0.2) is 4.79 Å². The lowest BCUT2D eigenvalue weighted by Gasteiger charge is -2.34. The SMILES string of the molecule is C[C@@H](NC(=O)N1CCO[C@@H](c2ccccc2Cl)C1)c1cccnc1. The molecule has 0 bridgehead atoms. The minimum Gasteiger partial charge on any atom is -0.370 e. The standard InChI is InChI=1S/C18H20ClN3O2/c1-13(14-5-4-8-20-11-14)21-18(23)22-9-10-24-17(12-22)15-6-2-3-7-16(15)19/h2-8,11,13,17H,9-10,12H2,1H3,(H,21,23)/t13-,17-/m1/s1. The van der Waals surface area contributed by atoms with Crippen molar-refractivity contribution in [3.8, 4) is 0 Å². The second-order valence-corrected chi connectivity index (χ2v) is 6.19. The molecule has 1 aromatic carbocycles. The number of halogens is 1. The van der Waals surface area contributed by atoms with Gasteiger partial charge in [0, 0.05) is 29.5 Å². The number of amides is 2. The van der Waals surface area contributed by atoms with Gasteiger partial charge in [-0.2, -0.15) is 0 Å². The molecular weight excluding hydrogens is 326 g/mol. The molecular formula is C18H20ClN3O2. The number of hydrogen-bond acceptors (Lipinski definition) is 3. The maximum absolute atomic E-state index is 12.5. The van der Waals surface area contributed by atoms with Crippen molar-refractivity contribution in [1.29, 1.82) is 0 Å². The Balaban J connectivity index is 1.64. The monoisotopic (exact) mass is 345 g/mol. The van der Waals surface area contributed by atoms with Crippen molar-refractivity contribution in [2.45, 2.75) is 19.1 Å². The topological polar surface area (TPSA) is 54.5 Å². The van der Waals surface area contributed by atoms with Crippen LogP contribution in [0.15, 0.2) is 48.8 Å². The predicted molar refractivity (Wildman–Crippen MR) is 92.9 cm³/mol. The normalized spacial score (nSPS) is 18.9. The van der Waals surface area contributed by atoms with Gasteiger partial charge in [0.1, 0.15) is 6.10 Å². The number of rotatable bonds is 3. The van der Waals surface area contributed by atoms with E-state index in [1.165, 1.54) is 0 Å². The number of carbonyl (C=O) groups excluding carboxylic acids is 1. The first-order valence-electron chi connectivity index (χ1n) is 7.96. The van der Waals surface area contributed by atoms with E-state index in [9.17, 15) is 4.79 Å². The fourth-order valence-corrected chi connectivity index (χ4v) is 3.01. The van der Waals surface area contributed by atoms with Crippen LogP contribution in [0.1, 0.15) is 30.2 Å². The van der Waals surface area contributed by atoms with Gasteiger partial charge in [0.15, 0.2) is 0 Å². The van der Waals surface area contributed by atoms with Gasteiger partial charge < -0.3 is 15.0 Å². The number of carbonyl (C=O) groups is 1. The molecule has 5 nitrogen and oxygen atoms in total. The average molecular weight is 346 g/mol. The molecule has 2 atom stereocenters. The number of pyridine rings is 1. The van der Waals surface area contributed by atoms with E-state index in [1.54, 1.807) is 17.3 Å². The number of nitrogens with one attached hydrogen (secondary N) is 1. The van der Waals surface area contributed by atoms with E-state index < -0.39 is 0 Å². The van der Waals surface area contributed by atoms with Gasteiger partial charge in [0.25, 0.3) is 0 Å². The van der Waals surface area contributed by atoms with Crippen LogP contribution in [0.25, 0.3) is 0 Å². The highest BCUT2D eigenvalue weighted by Crippen LogP contribution is 2.28. The number of urea groups is 1. The smallest absolute Gasteiger partial charge is 0.318 e. The molecule has 0 aliphatic carbocycles. The summed E-state index contributed by atoms with van der Waals surface area (Å²) in [5.74, 6) is 0. The summed E-state index contributed by atoms with van der Waals surface area (Å²) in [7, 11) is 0. The van der Waals surface area contributed by atoms with Crippen LogP contribution in [-0.4, -0.2) is 35.6 Å². The van der Waals surface area contributed by atoms with E-state index >= 15 is 0 Å². The van der Waals surface area contributed by atoms with Crippen molar-refractivity contribution in [2.75, 3.05) is 19.7 Å². The molecule has 0 unspecified atom stereocenters. The number of morpholine rings is 1. The Kier molecular flexibility index (Phi) is 5.33. The largest absolute Gasteiger partial charge is 0.370 e. The highest BCUT2D eigenvalue weighted by molar-refractivity contribution is 6.31. The lowest BCUT2D eigenvalue weighted by molar-refractivity contribution is -0.0156. The van der Waals surface area contributed by atoms with Gasteiger partial charge in [-0.1, -0.05) is 35.9 Å². The fourth-order valence-electron chi connectivity index (χ4n) is 2.75. The highest BCUT2D eigenvalue weighted by Gasteiger charge is 2.27. The number of aromatic nitrogens is 1. The fraction of sp³-hybridized carbons (Fsp3) is 0.333. The Labute approximate surface area is 146 Å². The highest BCUT2D eigenvalue weighted by atomic mass is 35.5. The first-order chi connectivity index (χ1) is 11.6. The minimum atomic E-state index is -0.202. The number of benzene rings is 1. The second kappa shape index (κ2) is 7.64. The van der Waals surface area contributed by atoms with Crippen LogP contribution in [0.2, 0.25) is 5.02 Å². The van der Waals surface area contributed by atoms with Gasteiger partial charge in [-0.15, -0.1) is 0 Å². The first kappa shape index (κ1) is 16.7. The zero-order valence-corrected chi connectivity index (χ0v) is 14.2. The molecule has 0 spiro atoms. The summed E-state index contributed by atoms with van der Waals surface area (Å²) in [6.07, 6.45) is 3.28. The first-order valence-corrected chi connectivity index (χ1v) is 8.34. The van der Waals surface area contributed by atoms with Crippen molar-refractivity contribution in [3.63, 3.8) is 0 Å². The number of hydrogen-bond donors (Lipinski definition) is 1. The van der Waals surface area contributed by atoms with Crippen LogP contribution in [-0.2, 0) is 4.74 Å². The predicted octanol–water partition coefficient (Wildman–Crippen LogP) is 3.58. The number of nitrogens with zero attached hydrogens (tertiary/aromatic N) is 2. The molecule has 3 rings (SSSR count). The van der Waals surface area contributed by atoms with Gasteiger partial charge >= 0.3 is 6.03 Å². The summed E-state index contributed by atoms with van der Waals surface area (Å²) < 4.78 is 5.80. The third-order valence-corrected chi connectivity index (χ3v) is 4.47. The Morgan fingerprint density at radius 1 is 1.38 bits per heavy atom. The molecule has 2 aromatic rings. The molecule has 2 heterocycles. The van der Waals surface area contributed by atoms with Crippen LogP contribution < -0.4 is 5.32 Å². The zero-order valence-electron chi connectivity index (χ0n) is 13.5. The van der Waals surface area contributed by atoms with Crippen molar-refractivity contribution < 1.29 is 9.53 Å². The second-order valence-electron chi connectivity index (χ2n) is 5.78. The van der Waals surface area contributed by atoms with Gasteiger partial charge in [0.2, 0.25) is 0 Å². The molecule has 1 fully saturated rings. The summed E-state index contributed by atoms with van der Waals surface area (Å²) >= 11 is 6.24. The van der Waals surface area contributed by atoms with Gasteiger partial charge in [-0.05, 0) is 24.6 Å². The summed E-state index contributed by atoms with van der Waals surface area (Å²) in [5, 5.41) is 3.67. The minimum absolute atomic E-state index is 0.104. The Bertz CT molecular complexity index is 696. The van der Waals surface area contributed by atoms with E-state index in [0.717, 1.165) is 11.1 Å². The quantitative estimate of drug-likeness (QED) is 0.925. The van der Waals surface area contributed by atoms with Gasteiger partial charge in [0.05, 0.1) is 19.2 Å². The van der Waals surface area contributed by atoms with E-state index in [1.807, 2.05) is 43.3 Å². The van der Waals surface area contributed by atoms with Crippen LogP contribution in [0.4, 0.5) is 4.79 Å². The van der Waals surface area contributed by atoms with E-state index in [2.05, 4.69) is 10.3 Å². The van der Waals surface area contributed by atoms with Crippen molar-refractivity contribution in [3.05, 3.63) is 64.9 Å². The summed E-state index contributed by atoms with van der Waals surface area (Å²) in [6, 6.07) is 11.2. The molecule has 126 valence electrons. The molecule has 1 aliphatic heterocycles. The Hall–Kier alpha value is -2.11. The molecule has 2 amide bonds. The maximum Gasteiger partial charge on any atom is 0.318 e. The average Bonchev–Trinajstić information content (AvgIpc) is 2.63. The summed E-state index contributed by atoms with van der Waals surface area (Å²) in [5.41, 5.74) is 1.89. The lowest BCUT2D eigenvalue weighted by atomic mass is 10.1. The van der Waals surface area contributed by atoms with Crippen LogP contribution in [0.3, 0.4) is 0 Å². The molecule has 1 aromatic heterocycles. The summed E-state index contributed by atoms with van der Waals surface area (Å²) in [4.78, 5) is 18.4. The van der Waals surface area contributed by atoms with Crippen molar-refractivity contribution in [2.24, 2.45) is 0 Å². The Morgan fingerprint density at radius 2 is 2.21 bits per heavy atom. The third-order valence-electron chi connectivity index (χ3n) is 4.13. The zero-order chi connectivity index (χ0) is 16.9. The van der Waals surface area contributed by atoms with Crippen LogP contribution in [0, 0.1) is 0 Å². The number of ether oxygens (including phenoxy) is 1. The summed E-state index contributed by atoms with van der Waals surface area (Å²) in [6.45, 7) is 3.48. The van der Waals surface area contributed by atoms with Gasteiger partial charge in [-0.3, -0.25) is 4.98 Å². The lowest BCUT2D eigenvalue weighted by Crippen LogP contribution is -2.47. The van der Waals surface area contributed by atoms with Crippen LogP contribution >= 0.6 is 11.6 Å².